The third kappa shape index (κ3) is 2.47. The number of fused-ring (bicyclic) bond motifs is 1. The second kappa shape index (κ2) is 5.43. The Morgan fingerprint density at radius 2 is 2.19 bits per heavy atom. The van der Waals surface area contributed by atoms with Crippen LogP contribution in [0.15, 0.2) is 23.6 Å². The van der Waals surface area contributed by atoms with Crippen LogP contribution in [0.5, 0.6) is 0 Å². The summed E-state index contributed by atoms with van der Waals surface area (Å²) < 4.78 is 13.8. The number of benzene rings is 1. The summed E-state index contributed by atoms with van der Waals surface area (Å²) in [6.45, 7) is 6.54. The molecular weight excluding hydrogens is 285 g/mol. The van der Waals surface area contributed by atoms with Crippen molar-refractivity contribution in [3.8, 4) is 0 Å². The largest absolute Gasteiger partial charge is 0.389 e. The molecule has 0 amide bonds. The first-order valence-corrected chi connectivity index (χ1v) is 8.18. The van der Waals surface area contributed by atoms with Gasteiger partial charge in [-0.25, -0.2) is 4.39 Å². The number of aliphatic hydroxyl groups is 1. The van der Waals surface area contributed by atoms with Crippen molar-refractivity contribution in [2.45, 2.75) is 39.3 Å². The molecule has 0 bridgehead atoms. The smallest absolute Gasteiger partial charge is 0.126 e. The van der Waals surface area contributed by atoms with E-state index in [1.165, 1.54) is 16.5 Å². The van der Waals surface area contributed by atoms with Gasteiger partial charge in [0.05, 0.1) is 12.1 Å². The van der Waals surface area contributed by atoms with Crippen molar-refractivity contribution >= 4 is 17.0 Å². The van der Waals surface area contributed by atoms with Crippen LogP contribution in [0.25, 0.3) is 0 Å². The van der Waals surface area contributed by atoms with E-state index in [-0.39, 0.29) is 11.9 Å². The molecule has 1 N–H and O–H groups in total. The van der Waals surface area contributed by atoms with E-state index in [1.807, 2.05) is 6.07 Å². The maximum Gasteiger partial charge on any atom is 0.126 e. The van der Waals surface area contributed by atoms with Crippen molar-refractivity contribution in [1.82, 2.24) is 0 Å². The van der Waals surface area contributed by atoms with Crippen molar-refractivity contribution < 1.29 is 9.50 Å². The number of anilines is 1. The van der Waals surface area contributed by atoms with Crippen LogP contribution in [0.3, 0.4) is 0 Å². The maximum absolute atomic E-state index is 13.8. The summed E-state index contributed by atoms with van der Waals surface area (Å²) in [6.07, 6.45) is 0.332. The highest BCUT2D eigenvalue weighted by molar-refractivity contribution is 7.10. The Balaban J connectivity index is 2.07. The standard InChI is InChI=1S/C17H20FNOS/c1-10-8-16(14(12(3)20)9-15(10)18)19-6-4-17-13(11(19)2)5-7-21-17/h5,7-9,11-12,20H,4,6H2,1-3H3. The number of aliphatic hydroxyl groups excluding tert-OH is 1. The summed E-state index contributed by atoms with van der Waals surface area (Å²) in [6, 6.07) is 5.77. The first-order valence-electron chi connectivity index (χ1n) is 7.30. The van der Waals surface area contributed by atoms with Crippen LogP contribution in [0.1, 0.15) is 47.6 Å². The van der Waals surface area contributed by atoms with Gasteiger partial charge in [0.1, 0.15) is 5.82 Å². The normalized spacial score (nSPS) is 19.5. The van der Waals surface area contributed by atoms with Crippen LogP contribution in [0.2, 0.25) is 0 Å². The Morgan fingerprint density at radius 1 is 1.43 bits per heavy atom. The maximum atomic E-state index is 13.8. The summed E-state index contributed by atoms with van der Waals surface area (Å²) in [5.41, 5.74) is 3.60. The first-order chi connectivity index (χ1) is 9.99. The van der Waals surface area contributed by atoms with E-state index in [4.69, 9.17) is 0 Å². The molecular formula is C17H20FNOS. The lowest BCUT2D eigenvalue weighted by atomic mass is 9.97. The highest BCUT2D eigenvalue weighted by Gasteiger charge is 2.27. The zero-order chi connectivity index (χ0) is 15.1. The molecule has 0 saturated heterocycles. The van der Waals surface area contributed by atoms with Gasteiger partial charge in [0.2, 0.25) is 0 Å². The van der Waals surface area contributed by atoms with E-state index < -0.39 is 6.10 Å². The summed E-state index contributed by atoms with van der Waals surface area (Å²) >= 11 is 1.81. The van der Waals surface area contributed by atoms with Gasteiger partial charge in [-0.15, -0.1) is 11.3 Å². The van der Waals surface area contributed by atoms with Gasteiger partial charge in [0.15, 0.2) is 0 Å². The van der Waals surface area contributed by atoms with Crippen molar-refractivity contribution in [1.29, 1.82) is 0 Å². The number of aryl methyl sites for hydroxylation is 1. The Morgan fingerprint density at radius 3 is 2.90 bits per heavy atom. The van der Waals surface area contributed by atoms with Gasteiger partial charge in [-0.3, -0.25) is 0 Å². The Labute approximate surface area is 128 Å². The number of nitrogens with zero attached hydrogens (tertiary/aromatic N) is 1. The van der Waals surface area contributed by atoms with E-state index >= 15 is 0 Å². The van der Waals surface area contributed by atoms with Crippen LogP contribution >= 0.6 is 11.3 Å². The van der Waals surface area contributed by atoms with Crippen molar-refractivity contribution in [3.05, 3.63) is 51.0 Å². The lowest BCUT2D eigenvalue weighted by molar-refractivity contribution is 0.199. The number of rotatable bonds is 2. The van der Waals surface area contributed by atoms with Gasteiger partial charge >= 0.3 is 0 Å². The van der Waals surface area contributed by atoms with Crippen LogP contribution in [-0.2, 0) is 6.42 Å². The number of thiophene rings is 1. The zero-order valence-electron chi connectivity index (χ0n) is 12.6. The fraction of sp³-hybridized carbons (Fsp3) is 0.412. The molecule has 112 valence electrons. The van der Waals surface area contributed by atoms with Crippen molar-refractivity contribution in [2.75, 3.05) is 11.4 Å². The molecule has 1 aromatic carbocycles. The molecule has 2 unspecified atom stereocenters. The highest BCUT2D eigenvalue weighted by atomic mass is 32.1. The van der Waals surface area contributed by atoms with Gasteiger partial charge in [-0.05, 0) is 61.9 Å². The van der Waals surface area contributed by atoms with Crippen LogP contribution in [0, 0.1) is 12.7 Å². The molecule has 0 saturated carbocycles. The minimum absolute atomic E-state index is 0.252. The molecule has 21 heavy (non-hydrogen) atoms. The second-order valence-electron chi connectivity index (χ2n) is 5.75. The second-order valence-corrected chi connectivity index (χ2v) is 6.76. The van der Waals surface area contributed by atoms with Crippen molar-refractivity contribution in [3.63, 3.8) is 0 Å². The van der Waals surface area contributed by atoms with Gasteiger partial charge in [-0.2, -0.15) is 0 Å². The van der Waals surface area contributed by atoms with E-state index in [2.05, 4.69) is 23.3 Å². The highest BCUT2D eigenvalue weighted by Crippen LogP contribution is 2.39. The van der Waals surface area contributed by atoms with Crippen LogP contribution in [0.4, 0.5) is 10.1 Å². The first kappa shape index (κ1) is 14.5. The quantitative estimate of drug-likeness (QED) is 0.890. The predicted octanol–water partition coefficient (Wildman–Crippen LogP) is 4.37. The molecule has 4 heteroatoms. The Hall–Kier alpha value is -1.39. The number of hydrogen-bond donors (Lipinski definition) is 1. The van der Waals surface area contributed by atoms with E-state index in [0.717, 1.165) is 18.7 Å². The molecule has 0 fully saturated rings. The van der Waals surface area contributed by atoms with Crippen LogP contribution in [-0.4, -0.2) is 11.7 Å². The van der Waals surface area contributed by atoms with Gasteiger partial charge in [0.25, 0.3) is 0 Å². The van der Waals surface area contributed by atoms with Crippen molar-refractivity contribution in [2.24, 2.45) is 0 Å². The third-order valence-corrected chi connectivity index (χ3v) is 5.34. The Kier molecular flexibility index (Phi) is 3.76. The SMILES string of the molecule is Cc1cc(N2CCc3sccc3C2C)c(C(C)O)cc1F. The molecule has 2 aromatic rings. The fourth-order valence-electron chi connectivity index (χ4n) is 3.10. The summed E-state index contributed by atoms with van der Waals surface area (Å²) in [5, 5.41) is 12.1. The molecule has 0 aliphatic carbocycles. The topological polar surface area (TPSA) is 23.5 Å². The summed E-state index contributed by atoms with van der Waals surface area (Å²) in [4.78, 5) is 3.72. The Bertz CT molecular complexity index is 665. The molecule has 2 atom stereocenters. The zero-order valence-corrected chi connectivity index (χ0v) is 13.4. The van der Waals surface area contributed by atoms with E-state index in [1.54, 1.807) is 25.2 Å². The predicted molar refractivity (Wildman–Crippen MR) is 85.6 cm³/mol. The van der Waals surface area contributed by atoms with E-state index in [0.29, 0.717) is 11.1 Å². The molecule has 0 spiro atoms. The molecule has 2 heterocycles. The minimum atomic E-state index is -0.675. The molecule has 3 rings (SSSR count). The molecule has 0 radical (unpaired) electrons. The van der Waals surface area contributed by atoms with Crippen LogP contribution < -0.4 is 4.90 Å². The molecule has 2 nitrogen and oxygen atoms in total. The lowest BCUT2D eigenvalue weighted by Crippen LogP contribution is -2.34. The van der Waals surface area contributed by atoms with Gasteiger partial charge in [-0.1, -0.05) is 0 Å². The summed E-state index contributed by atoms with van der Waals surface area (Å²) in [7, 11) is 0. The lowest BCUT2D eigenvalue weighted by Gasteiger charge is -2.37. The average molecular weight is 305 g/mol. The number of halogens is 1. The summed E-state index contributed by atoms with van der Waals surface area (Å²) in [5.74, 6) is -0.254. The van der Waals surface area contributed by atoms with Gasteiger partial charge in [0, 0.05) is 22.7 Å². The van der Waals surface area contributed by atoms with Gasteiger partial charge < -0.3 is 10.0 Å². The third-order valence-electron chi connectivity index (χ3n) is 4.34. The molecule has 1 aliphatic rings. The number of hydrogen-bond acceptors (Lipinski definition) is 3. The minimum Gasteiger partial charge on any atom is -0.389 e. The molecule has 1 aromatic heterocycles. The monoisotopic (exact) mass is 305 g/mol. The molecule has 1 aliphatic heterocycles. The van der Waals surface area contributed by atoms with E-state index in [9.17, 15) is 9.50 Å². The fourth-order valence-corrected chi connectivity index (χ4v) is 4.07. The average Bonchev–Trinajstić information content (AvgIpc) is 2.91.